The van der Waals surface area contributed by atoms with Gasteiger partial charge in [-0.3, -0.25) is 9.69 Å². The first-order valence-corrected chi connectivity index (χ1v) is 9.28. The highest BCUT2D eigenvalue weighted by atomic mass is 16.6. The number of carbonyl (C=O) groups is 2. The molecule has 1 aliphatic carbocycles. The zero-order valence-electron chi connectivity index (χ0n) is 16.4. The van der Waals surface area contributed by atoms with Crippen molar-refractivity contribution in [2.24, 2.45) is 0 Å². The zero-order chi connectivity index (χ0) is 19.8. The quantitative estimate of drug-likeness (QED) is 0.877. The number of amides is 2. The molecule has 1 aromatic carbocycles. The molecular weight excluding hydrogens is 348 g/mol. The molecule has 0 atom stereocenters. The lowest BCUT2D eigenvalue weighted by molar-refractivity contribution is -0.134. The van der Waals surface area contributed by atoms with Gasteiger partial charge in [-0.05, 0) is 51.8 Å². The third-order valence-electron chi connectivity index (χ3n) is 5.05. The van der Waals surface area contributed by atoms with Crippen LogP contribution in [0.15, 0.2) is 18.2 Å². The zero-order valence-corrected chi connectivity index (χ0v) is 16.4. The highest BCUT2D eigenvalue weighted by molar-refractivity contribution is 5.80. The van der Waals surface area contributed by atoms with Crippen LogP contribution in [0.25, 0.3) is 0 Å². The molecule has 0 bridgehead atoms. The Morgan fingerprint density at radius 2 is 1.93 bits per heavy atom. The number of nitrogens with zero attached hydrogens (tertiary/aromatic N) is 2. The Labute approximate surface area is 159 Å². The van der Waals surface area contributed by atoms with Crippen LogP contribution in [0.1, 0.15) is 39.2 Å². The van der Waals surface area contributed by atoms with Gasteiger partial charge in [0.05, 0.1) is 19.1 Å². The number of phenolic OH excluding ortho intramolecular Hbond substituents is 1. The Bertz CT molecular complexity index is 736. The molecule has 1 aromatic rings. The van der Waals surface area contributed by atoms with Crippen molar-refractivity contribution in [2.75, 3.05) is 26.7 Å². The van der Waals surface area contributed by atoms with E-state index in [2.05, 4.69) is 0 Å². The van der Waals surface area contributed by atoms with Gasteiger partial charge in [-0.25, -0.2) is 4.79 Å². The monoisotopic (exact) mass is 376 g/mol. The van der Waals surface area contributed by atoms with Crippen LogP contribution in [0.4, 0.5) is 4.79 Å². The SMILES string of the molecule is COc1ccc(O)cc1CC(=O)N1CCN(C(=O)OC(C)(C)C)C2(CC2)C1. The first-order chi connectivity index (χ1) is 12.6. The van der Waals surface area contributed by atoms with Gasteiger partial charge in [-0.1, -0.05) is 0 Å². The van der Waals surface area contributed by atoms with E-state index in [1.807, 2.05) is 20.8 Å². The average molecular weight is 376 g/mol. The standard InChI is InChI=1S/C20H28N2O5/c1-19(2,3)27-18(25)22-10-9-21(13-20(22)7-8-20)17(24)12-14-11-15(23)5-6-16(14)26-4/h5-6,11,23H,7-10,12-13H2,1-4H3. The Morgan fingerprint density at radius 3 is 2.52 bits per heavy atom. The molecule has 2 aliphatic rings. The molecule has 148 valence electrons. The lowest BCUT2D eigenvalue weighted by Crippen LogP contribution is -2.59. The third-order valence-corrected chi connectivity index (χ3v) is 5.05. The van der Waals surface area contributed by atoms with E-state index >= 15 is 0 Å². The number of rotatable bonds is 3. The van der Waals surface area contributed by atoms with E-state index in [1.165, 1.54) is 6.07 Å². The van der Waals surface area contributed by atoms with Crippen LogP contribution >= 0.6 is 0 Å². The molecule has 1 spiro atoms. The molecule has 2 amide bonds. The lowest BCUT2D eigenvalue weighted by Gasteiger charge is -2.42. The second kappa shape index (κ2) is 6.94. The summed E-state index contributed by atoms with van der Waals surface area (Å²) in [7, 11) is 1.54. The smallest absolute Gasteiger partial charge is 0.410 e. The Kier molecular flexibility index (Phi) is 4.97. The van der Waals surface area contributed by atoms with Crippen molar-refractivity contribution in [1.29, 1.82) is 0 Å². The predicted octanol–water partition coefficient (Wildman–Crippen LogP) is 2.56. The van der Waals surface area contributed by atoms with Crippen molar-refractivity contribution >= 4 is 12.0 Å². The van der Waals surface area contributed by atoms with Gasteiger partial charge in [0.1, 0.15) is 17.1 Å². The molecule has 1 aliphatic heterocycles. The van der Waals surface area contributed by atoms with Crippen molar-refractivity contribution in [3.63, 3.8) is 0 Å². The molecule has 0 aromatic heterocycles. The molecule has 1 heterocycles. The molecular formula is C20H28N2O5. The molecule has 1 N–H and O–H groups in total. The highest BCUT2D eigenvalue weighted by Gasteiger charge is 2.54. The van der Waals surface area contributed by atoms with E-state index in [0.29, 0.717) is 30.9 Å². The fourth-order valence-electron chi connectivity index (χ4n) is 3.54. The second-order valence-corrected chi connectivity index (χ2v) is 8.34. The van der Waals surface area contributed by atoms with E-state index in [4.69, 9.17) is 9.47 Å². The number of carbonyl (C=O) groups excluding carboxylic acids is 2. The van der Waals surface area contributed by atoms with Gasteiger partial charge in [0.2, 0.25) is 5.91 Å². The molecule has 27 heavy (non-hydrogen) atoms. The van der Waals surface area contributed by atoms with Gasteiger partial charge in [0.15, 0.2) is 0 Å². The van der Waals surface area contributed by atoms with Gasteiger partial charge >= 0.3 is 6.09 Å². The molecule has 7 heteroatoms. The number of hydrogen-bond acceptors (Lipinski definition) is 5. The summed E-state index contributed by atoms with van der Waals surface area (Å²) in [5, 5.41) is 9.70. The minimum atomic E-state index is -0.536. The van der Waals surface area contributed by atoms with Gasteiger partial charge in [0, 0.05) is 25.2 Å². The molecule has 7 nitrogen and oxygen atoms in total. The Balaban J connectivity index is 1.66. The number of benzene rings is 1. The molecule has 3 rings (SSSR count). The topological polar surface area (TPSA) is 79.3 Å². The van der Waals surface area contributed by atoms with E-state index in [9.17, 15) is 14.7 Å². The fourth-order valence-corrected chi connectivity index (χ4v) is 3.54. The van der Waals surface area contributed by atoms with Crippen LogP contribution in [0.5, 0.6) is 11.5 Å². The Morgan fingerprint density at radius 1 is 1.22 bits per heavy atom. The molecule has 0 radical (unpaired) electrons. The molecule has 2 fully saturated rings. The van der Waals surface area contributed by atoms with E-state index in [1.54, 1.807) is 29.0 Å². The van der Waals surface area contributed by atoms with Crippen LogP contribution in [0.3, 0.4) is 0 Å². The van der Waals surface area contributed by atoms with E-state index in [-0.39, 0.29) is 29.7 Å². The summed E-state index contributed by atoms with van der Waals surface area (Å²) in [6, 6.07) is 4.74. The summed E-state index contributed by atoms with van der Waals surface area (Å²) < 4.78 is 10.8. The van der Waals surface area contributed by atoms with Crippen molar-refractivity contribution in [1.82, 2.24) is 9.80 Å². The van der Waals surface area contributed by atoms with Crippen LogP contribution in [-0.2, 0) is 16.0 Å². The summed E-state index contributed by atoms with van der Waals surface area (Å²) in [4.78, 5) is 28.9. The number of piperazine rings is 1. The van der Waals surface area contributed by atoms with E-state index in [0.717, 1.165) is 12.8 Å². The number of hydrogen-bond donors (Lipinski definition) is 1. The highest BCUT2D eigenvalue weighted by Crippen LogP contribution is 2.45. The van der Waals surface area contributed by atoms with Gasteiger partial charge in [-0.15, -0.1) is 0 Å². The number of methoxy groups -OCH3 is 1. The van der Waals surface area contributed by atoms with Gasteiger partial charge in [0.25, 0.3) is 0 Å². The lowest BCUT2D eigenvalue weighted by atomic mass is 10.1. The van der Waals surface area contributed by atoms with Crippen molar-refractivity contribution in [2.45, 2.75) is 51.2 Å². The van der Waals surface area contributed by atoms with Crippen molar-refractivity contribution in [3.8, 4) is 11.5 Å². The second-order valence-electron chi connectivity index (χ2n) is 8.34. The first kappa shape index (κ1) is 19.3. The summed E-state index contributed by atoms with van der Waals surface area (Å²) >= 11 is 0. The first-order valence-electron chi connectivity index (χ1n) is 9.28. The van der Waals surface area contributed by atoms with Crippen LogP contribution in [-0.4, -0.2) is 64.8 Å². The number of ether oxygens (including phenoxy) is 2. The summed E-state index contributed by atoms with van der Waals surface area (Å²) in [5.74, 6) is 0.649. The largest absolute Gasteiger partial charge is 0.508 e. The molecule has 1 saturated carbocycles. The fraction of sp³-hybridized carbons (Fsp3) is 0.600. The maximum atomic E-state index is 12.8. The maximum absolute atomic E-state index is 12.8. The Hall–Kier alpha value is -2.44. The van der Waals surface area contributed by atoms with Gasteiger partial charge < -0.3 is 19.5 Å². The average Bonchev–Trinajstić information content (AvgIpc) is 3.32. The van der Waals surface area contributed by atoms with Crippen LogP contribution in [0, 0.1) is 0 Å². The van der Waals surface area contributed by atoms with Crippen LogP contribution in [0.2, 0.25) is 0 Å². The molecule has 0 unspecified atom stereocenters. The number of phenols is 1. The predicted molar refractivity (Wildman–Crippen MR) is 99.8 cm³/mol. The normalized spacial score (nSPS) is 18.4. The van der Waals surface area contributed by atoms with Crippen molar-refractivity contribution in [3.05, 3.63) is 23.8 Å². The third kappa shape index (κ3) is 4.28. The van der Waals surface area contributed by atoms with Crippen LogP contribution < -0.4 is 4.74 Å². The number of aromatic hydroxyl groups is 1. The van der Waals surface area contributed by atoms with E-state index < -0.39 is 5.60 Å². The van der Waals surface area contributed by atoms with Crippen molar-refractivity contribution < 1.29 is 24.2 Å². The summed E-state index contributed by atoms with van der Waals surface area (Å²) in [5.41, 5.74) is -0.174. The maximum Gasteiger partial charge on any atom is 0.410 e. The van der Waals surface area contributed by atoms with Gasteiger partial charge in [-0.2, -0.15) is 0 Å². The minimum Gasteiger partial charge on any atom is -0.508 e. The summed E-state index contributed by atoms with van der Waals surface area (Å²) in [6.45, 7) is 7.03. The minimum absolute atomic E-state index is 0.0333. The molecule has 1 saturated heterocycles. The summed E-state index contributed by atoms with van der Waals surface area (Å²) in [6.07, 6.45) is 1.61.